The number of carbonyl (C=O) groups is 1. The molecule has 0 radical (unpaired) electrons. The fourth-order valence-electron chi connectivity index (χ4n) is 1.88. The highest BCUT2D eigenvalue weighted by Gasteiger charge is 2.04. The Morgan fingerprint density at radius 1 is 1.26 bits per heavy atom. The zero-order chi connectivity index (χ0) is 13.5. The molecule has 0 aliphatic carbocycles. The summed E-state index contributed by atoms with van der Waals surface area (Å²) in [4.78, 5) is 16.2. The molecule has 0 aliphatic heterocycles. The second-order valence-corrected chi connectivity index (χ2v) is 4.37. The number of carbonyl (C=O) groups excluding carboxylic acids is 1. The number of nitrogens with one attached hydrogen (secondary N) is 1. The lowest BCUT2D eigenvalue weighted by atomic mass is 10.2. The minimum atomic E-state index is -0.00103. The van der Waals surface area contributed by atoms with Crippen LogP contribution in [0, 0.1) is 0 Å². The highest BCUT2D eigenvalue weighted by molar-refractivity contribution is 5.81. The molecule has 100 valence electrons. The third-order valence-corrected chi connectivity index (χ3v) is 2.85. The highest BCUT2D eigenvalue weighted by Crippen LogP contribution is 2.11. The van der Waals surface area contributed by atoms with E-state index in [2.05, 4.69) is 10.3 Å². The Morgan fingerprint density at radius 3 is 2.95 bits per heavy atom. The summed E-state index contributed by atoms with van der Waals surface area (Å²) in [6.45, 7) is 1.30. The molecule has 0 aliphatic rings. The highest BCUT2D eigenvalue weighted by atomic mass is 16.5. The number of nitrogens with zero attached hydrogens (tertiary/aromatic N) is 1. The molecule has 0 fully saturated rings. The number of hydrogen-bond acceptors (Lipinski definition) is 3. The number of methoxy groups -OCH3 is 1. The molecule has 2 aromatic rings. The fourth-order valence-corrected chi connectivity index (χ4v) is 1.88. The summed E-state index contributed by atoms with van der Waals surface area (Å²) in [5.74, 6) is -0.00103. The normalized spacial score (nSPS) is 10.6. The number of fused-ring (bicyclic) bond motifs is 1. The van der Waals surface area contributed by atoms with Gasteiger partial charge in [0, 0.05) is 25.6 Å². The fraction of sp³-hybridized carbons (Fsp3) is 0.333. The lowest BCUT2D eigenvalue weighted by Crippen LogP contribution is -2.27. The minimum Gasteiger partial charge on any atom is -0.385 e. The quantitative estimate of drug-likeness (QED) is 0.805. The molecule has 0 bridgehead atoms. The van der Waals surface area contributed by atoms with Crippen LogP contribution in [-0.2, 0) is 16.0 Å². The van der Waals surface area contributed by atoms with Gasteiger partial charge in [0.2, 0.25) is 5.91 Å². The van der Waals surface area contributed by atoms with Crippen LogP contribution >= 0.6 is 0 Å². The van der Waals surface area contributed by atoms with Crippen LogP contribution in [-0.4, -0.2) is 31.2 Å². The Hall–Kier alpha value is -1.94. The third kappa shape index (κ3) is 4.03. The Bertz CT molecular complexity index is 555. The summed E-state index contributed by atoms with van der Waals surface area (Å²) < 4.78 is 4.93. The van der Waals surface area contributed by atoms with Crippen molar-refractivity contribution in [3.8, 4) is 0 Å². The van der Waals surface area contributed by atoms with Crippen molar-refractivity contribution < 1.29 is 9.53 Å². The molecule has 19 heavy (non-hydrogen) atoms. The van der Waals surface area contributed by atoms with Gasteiger partial charge in [0.05, 0.1) is 17.6 Å². The first kappa shape index (κ1) is 13.5. The standard InChI is InChI=1S/C15H18N2O2/c1-19-10-4-9-16-15(18)11-13-8-7-12-5-2-3-6-14(12)17-13/h2-3,5-8H,4,9-11H2,1H3,(H,16,18). The van der Waals surface area contributed by atoms with Gasteiger partial charge in [-0.25, -0.2) is 0 Å². The van der Waals surface area contributed by atoms with E-state index < -0.39 is 0 Å². The first-order chi connectivity index (χ1) is 9.29. The maximum absolute atomic E-state index is 11.7. The molecule has 1 aromatic carbocycles. The SMILES string of the molecule is COCCCNC(=O)Cc1ccc2ccccc2n1. The van der Waals surface area contributed by atoms with E-state index in [0.29, 0.717) is 19.6 Å². The van der Waals surface area contributed by atoms with E-state index in [-0.39, 0.29) is 5.91 Å². The molecule has 1 N–H and O–H groups in total. The molecule has 0 unspecified atom stereocenters. The molecule has 4 nitrogen and oxygen atoms in total. The molecule has 0 saturated carbocycles. The van der Waals surface area contributed by atoms with E-state index in [9.17, 15) is 4.79 Å². The summed E-state index contributed by atoms with van der Waals surface area (Å²) in [7, 11) is 1.65. The molecule has 0 atom stereocenters. The number of benzene rings is 1. The first-order valence-electron chi connectivity index (χ1n) is 6.40. The van der Waals surface area contributed by atoms with E-state index in [1.54, 1.807) is 7.11 Å². The maximum atomic E-state index is 11.7. The van der Waals surface area contributed by atoms with Crippen molar-refractivity contribution in [2.24, 2.45) is 0 Å². The molecule has 1 amide bonds. The van der Waals surface area contributed by atoms with E-state index in [1.807, 2.05) is 36.4 Å². The topological polar surface area (TPSA) is 51.2 Å². The second-order valence-electron chi connectivity index (χ2n) is 4.37. The molecule has 0 spiro atoms. The monoisotopic (exact) mass is 258 g/mol. The Morgan fingerprint density at radius 2 is 2.11 bits per heavy atom. The smallest absolute Gasteiger partial charge is 0.226 e. The zero-order valence-electron chi connectivity index (χ0n) is 11.1. The molecule has 1 aromatic heterocycles. The molecule has 2 rings (SSSR count). The molecule has 4 heteroatoms. The second kappa shape index (κ2) is 6.85. The summed E-state index contributed by atoms with van der Waals surface area (Å²) in [5, 5.41) is 3.94. The predicted molar refractivity (Wildman–Crippen MR) is 74.9 cm³/mol. The summed E-state index contributed by atoms with van der Waals surface area (Å²) in [6.07, 6.45) is 1.14. The third-order valence-electron chi connectivity index (χ3n) is 2.85. The van der Waals surface area contributed by atoms with Gasteiger partial charge in [-0.3, -0.25) is 9.78 Å². The molecule has 1 heterocycles. The maximum Gasteiger partial charge on any atom is 0.226 e. The Labute approximate surface area is 112 Å². The zero-order valence-corrected chi connectivity index (χ0v) is 11.1. The largest absolute Gasteiger partial charge is 0.385 e. The van der Waals surface area contributed by atoms with Crippen LogP contribution in [0.4, 0.5) is 0 Å². The average molecular weight is 258 g/mol. The number of ether oxygens (including phenoxy) is 1. The van der Waals surface area contributed by atoms with Gasteiger partial charge in [-0.1, -0.05) is 24.3 Å². The van der Waals surface area contributed by atoms with E-state index in [1.165, 1.54) is 0 Å². The molecule has 0 saturated heterocycles. The van der Waals surface area contributed by atoms with E-state index >= 15 is 0 Å². The summed E-state index contributed by atoms with van der Waals surface area (Å²) in [6, 6.07) is 11.8. The van der Waals surface area contributed by atoms with E-state index in [0.717, 1.165) is 23.0 Å². The molecular formula is C15H18N2O2. The minimum absolute atomic E-state index is 0.00103. The van der Waals surface area contributed by atoms with Gasteiger partial charge in [0.15, 0.2) is 0 Å². The number of pyridine rings is 1. The number of rotatable bonds is 6. The van der Waals surface area contributed by atoms with Gasteiger partial charge in [0.25, 0.3) is 0 Å². The predicted octanol–water partition coefficient (Wildman–Crippen LogP) is 1.93. The number of amides is 1. The summed E-state index contributed by atoms with van der Waals surface area (Å²) in [5.41, 5.74) is 1.72. The van der Waals surface area contributed by atoms with Crippen molar-refractivity contribution in [3.63, 3.8) is 0 Å². The van der Waals surface area contributed by atoms with Gasteiger partial charge in [0.1, 0.15) is 0 Å². The van der Waals surface area contributed by atoms with Crippen molar-refractivity contribution in [1.82, 2.24) is 10.3 Å². The van der Waals surface area contributed by atoms with Gasteiger partial charge in [-0.2, -0.15) is 0 Å². The van der Waals surface area contributed by atoms with Gasteiger partial charge in [-0.05, 0) is 18.6 Å². The van der Waals surface area contributed by atoms with Crippen LogP contribution in [0.1, 0.15) is 12.1 Å². The van der Waals surface area contributed by atoms with Gasteiger partial charge < -0.3 is 10.1 Å². The number of hydrogen-bond donors (Lipinski definition) is 1. The van der Waals surface area contributed by atoms with Crippen LogP contribution < -0.4 is 5.32 Å². The van der Waals surface area contributed by atoms with Crippen molar-refractivity contribution in [1.29, 1.82) is 0 Å². The lowest BCUT2D eigenvalue weighted by molar-refractivity contribution is -0.120. The number of para-hydroxylation sites is 1. The van der Waals surface area contributed by atoms with Gasteiger partial charge >= 0.3 is 0 Å². The number of aromatic nitrogens is 1. The van der Waals surface area contributed by atoms with Crippen LogP contribution in [0.15, 0.2) is 36.4 Å². The average Bonchev–Trinajstić information content (AvgIpc) is 2.43. The Kier molecular flexibility index (Phi) is 4.86. The van der Waals surface area contributed by atoms with Crippen LogP contribution in [0.5, 0.6) is 0 Å². The first-order valence-corrected chi connectivity index (χ1v) is 6.40. The Balaban J connectivity index is 1.91. The van der Waals surface area contributed by atoms with Crippen LogP contribution in [0.3, 0.4) is 0 Å². The van der Waals surface area contributed by atoms with E-state index in [4.69, 9.17) is 4.74 Å². The molecular weight excluding hydrogens is 240 g/mol. The lowest BCUT2D eigenvalue weighted by Gasteiger charge is -2.05. The van der Waals surface area contributed by atoms with Crippen molar-refractivity contribution in [2.45, 2.75) is 12.8 Å². The van der Waals surface area contributed by atoms with Crippen molar-refractivity contribution in [2.75, 3.05) is 20.3 Å². The summed E-state index contributed by atoms with van der Waals surface area (Å²) >= 11 is 0. The van der Waals surface area contributed by atoms with Crippen LogP contribution in [0.25, 0.3) is 10.9 Å². The van der Waals surface area contributed by atoms with Gasteiger partial charge in [-0.15, -0.1) is 0 Å². The van der Waals surface area contributed by atoms with Crippen molar-refractivity contribution >= 4 is 16.8 Å². The van der Waals surface area contributed by atoms with Crippen LogP contribution in [0.2, 0.25) is 0 Å². The van der Waals surface area contributed by atoms with Crippen molar-refractivity contribution in [3.05, 3.63) is 42.1 Å².